The predicted molar refractivity (Wildman–Crippen MR) is 103 cm³/mol. The van der Waals surface area contributed by atoms with Crippen LogP contribution in [0.2, 0.25) is 0 Å². The first-order valence-electron chi connectivity index (χ1n) is 9.14. The third-order valence-electron chi connectivity index (χ3n) is 4.53. The molecule has 0 bridgehead atoms. The monoisotopic (exact) mass is 419 g/mol. The van der Waals surface area contributed by atoms with Crippen molar-refractivity contribution in [1.82, 2.24) is 15.0 Å². The van der Waals surface area contributed by atoms with E-state index in [4.69, 9.17) is 9.26 Å². The minimum atomic E-state index is -4.47. The Balaban J connectivity index is 1.59. The third-order valence-corrected chi connectivity index (χ3v) is 4.53. The van der Waals surface area contributed by atoms with Crippen LogP contribution < -0.4 is 4.74 Å². The van der Waals surface area contributed by atoms with Gasteiger partial charge in [-0.05, 0) is 35.9 Å². The first kappa shape index (κ1) is 21.4. The molecule has 2 aromatic carbocycles. The standard InChI is InChI=1S/C21H20F3N3O3/c1-27(13-15-5-3-4-6-17(15)21(22,23)24)19(28)12-11-18-25-20(26-30-18)14-7-9-16(29-2)10-8-14/h3-10H,11-13H2,1-2H3. The maximum Gasteiger partial charge on any atom is 0.416 e. The number of carbonyl (C=O) groups is 1. The quantitative estimate of drug-likeness (QED) is 0.569. The number of rotatable bonds is 7. The van der Waals surface area contributed by atoms with Crippen molar-refractivity contribution >= 4 is 5.91 Å². The van der Waals surface area contributed by atoms with Crippen LogP contribution in [0.5, 0.6) is 5.75 Å². The van der Waals surface area contributed by atoms with Crippen LogP contribution in [0.15, 0.2) is 53.1 Å². The molecule has 0 spiro atoms. The van der Waals surface area contributed by atoms with E-state index in [2.05, 4.69) is 10.1 Å². The maximum absolute atomic E-state index is 13.1. The average Bonchev–Trinajstić information content (AvgIpc) is 3.20. The molecule has 1 heterocycles. The molecule has 30 heavy (non-hydrogen) atoms. The molecular weight excluding hydrogens is 399 g/mol. The van der Waals surface area contributed by atoms with E-state index < -0.39 is 11.7 Å². The molecule has 158 valence electrons. The molecular formula is C21H20F3N3O3. The summed E-state index contributed by atoms with van der Waals surface area (Å²) in [5, 5.41) is 3.89. The largest absolute Gasteiger partial charge is 0.497 e. The summed E-state index contributed by atoms with van der Waals surface area (Å²) >= 11 is 0. The molecule has 0 radical (unpaired) electrons. The van der Waals surface area contributed by atoms with Gasteiger partial charge >= 0.3 is 6.18 Å². The van der Waals surface area contributed by atoms with Gasteiger partial charge in [0.05, 0.1) is 12.7 Å². The Morgan fingerprint density at radius 3 is 2.50 bits per heavy atom. The second-order valence-corrected chi connectivity index (χ2v) is 6.64. The van der Waals surface area contributed by atoms with Crippen molar-refractivity contribution in [3.63, 3.8) is 0 Å². The summed E-state index contributed by atoms with van der Waals surface area (Å²) in [4.78, 5) is 17.9. The molecule has 0 atom stereocenters. The van der Waals surface area contributed by atoms with Gasteiger partial charge in [-0.2, -0.15) is 18.2 Å². The molecule has 0 aliphatic rings. The Bertz CT molecular complexity index is 1000. The molecule has 6 nitrogen and oxygen atoms in total. The van der Waals surface area contributed by atoms with Crippen LogP contribution in [-0.2, 0) is 23.9 Å². The number of aryl methyl sites for hydroxylation is 1. The molecule has 1 aromatic heterocycles. The van der Waals surface area contributed by atoms with Gasteiger partial charge in [-0.3, -0.25) is 4.79 Å². The molecule has 3 rings (SSSR count). The Kier molecular flexibility index (Phi) is 6.39. The Morgan fingerprint density at radius 2 is 1.83 bits per heavy atom. The number of aromatic nitrogens is 2. The lowest BCUT2D eigenvalue weighted by atomic mass is 10.1. The van der Waals surface area contributed by atoms with Crippen molar-refractivity contribution in [3.8, 4) is 17.1 Å². The topological polar surface area (TPSA) is 68.5 Å². The lowest BCUT2D eigenvalue weighted by molar-refractivity contribution is -0.139. The summed E-state index contributed by atoms with van der Waals surface area (Å²) < 4.78 is 49.6. The first-order chi connectivity index (χ1) is 14.3. The van der Waals surface area contributed by atoms with E-state index in [9.17, 15) is 18.0 Å². The van der Waals surface area contributed by atoms with E-state index in [1.54, 1.807) is 31.4 Å². The summed E-state index contributed by atoms with van der Waals surface area (Å²) in [7, 11) is 3.03. The normalized spacial score (nSPS) is 11.4. The van der Waals surface area contributed by atoms with Crippen LogP contribution in [0.1, 0.15) is 23.4 Å². The Hall–Kier alpha value is -3.36. The van der Waals surface area contributed by atoms with Crippen molar-refractivity contribution in [3.05, 3.63) is 65.5 Å². The molecule has 0 saturated heterocycles. The summed E-state index contributed by atoms with van der Waals surface area (Å²) in [5.74, 6) is 1.03. The van der Waals surface area contributed by atoms with Crippen molar-refractivity contribution in [2.45, 2.75) is 25.6 Å². The zero-order chi connectivity index (χ0) is 21.7. The van der Waals surface area contributed by atoms with Crippen molar-refractivity contribution < 1.29 is 27.2 Å². The number of alkyl halides is 3. The molecule has 0 saturated carbocycles. The summed E-state index contributed by atoms with van der Waals surface area (Å²) in [5.41, 5.74) is 0.0316. The van der Waals surface area contributed by atoms with Crippen LogP contribution in [0.3, 0.4) is 0 Å². The van der Waals surface area contributed by atoms with Gasteiger partial charge in [-0.25, -0.2) is 0 Å². The fraction of sp³-hybridized carbons (Fsp3) is 0.286. The van der Waals surface area contributed by atoms with Crippen LogP contribution in [0.25, 0.3) is 11.4 Å². The molecule has 0 N–H and O–H groups in total. The predicted octanol–water partition coefficient (Wildman–Crippen LogP) is 4.36. The van der Waals surface area contributed by atoms with Gasteiger partial charge in [0.2, 0.25) is 17.6 Å². The molecule has 9 heteroatoms. The second kappa shape index (κ2) is 8.98. The van der Waals surface area contributed by atoms with Gasteiger partial charge in [-0.15, -0.1) is 0 Å². The van der Waals surface area contributed by atoms with Crippen molar-refractivity contribution in [2.24, 2.45) is 0 Å². The molecule has 0 aliphatic heterocycles. The molecule has 3 aromatic rings. The second-order valence-electron chi connectivity index (χ2n) is 6.64. The zero-order valence-corrected chi connectivity index (χ0v) is 16.4. The van der Waals surface area contributed by atoms with Gasteiger partial charge in [0.25, 0.3) is 0 Å². The molecule has 0 unspecified atom stereocenters. The number of methoxy groups -OCH3 is 1. The number of halogens is 3. The van der Waals surface area contributed by atoms with Gasteiger partial charge in [-0.1, -0.05) is 23.4 Å². The summed E-state index contributed by atoms with van der Waals surface area (Å²) in [6, 6.07) is 12.3. The number of ether oxygens (including phenoxy) is 1. The number of benzene rings is 2. The Morgan fingerprint density at radius 1 is 1.13 bits per heavy atom. The lowest BCUT2D eigenvalue weighted by Crippen LogP contribution is -2.27. The van der Waals surface area contributed by atoms with E-state index in [0.717, 1.165) is 11.6 Å². The SMILES string of the molecule is COc1ccc(-c2noc(CCC(=O)N(C)Cc3ccccc3C(F)(F)F)n2)cc1. The smallest absolute Gasteiger partial charge is 0.416 e. The lowest BCUT2D eigenvalue weighted by Gasteiger charge is -2.20. The van der Waals surface area contributed by atoms with Gasteiger partial charge in [0.15, 0.2) is 0 Å². The van der Waals surface area contributed by atoms with Crippen LogP contribution in [0, 0.1) is 0 Å². The van der Waals surface area contributed by atoms with E-state index in [1.807, 2.05) is 0 Å². The van der Waals surface area contributed by atoms with Crippen LogP contribution >= 0.6 is 0 Å². The highest BCUT2D eigenvalue weighted by molar-refractivity contribution is 5.76. The summed E-state index contributed by atoms with van der Waals surface area (Å²) in [6.07, 6.45) is -4.25. The van der Waals surface area contributed by atoms with Crippen LogP contribution in [0.4, 0.5) is 13.2 Å². The van der Waals surface area contributed by atoms with Gasteiger partial charge in [0, 0.05) is 32.0 Å². The zero-order valence-electron chi connectivity index (χ0n) is 16.4. The average molecular weight is 419 g/mol. The fourth-order valence-corrected chi connectivity index (χ4v) is 2.90. The number of amides is 1. The van der Waals surface area contributed by atoms with Crippen LogP contribution in [-0.4, -0.2) is 35.1 Å². The summed E-state index contributed by atoms with van der Waals surface area (Å²) in [6.45, 7) is -0.143. The highest BCUT2D eigenvalue weighted by atomic mass is 19.4. The first-order valence-corrected chi connectivity index (χ1v) is 9.14. The van der Waals surface area contributed by atoms with E-state index in [0.29, 0.717) is 11.6 Å². The minimum Gasteiger partial charge on any atom is -0.497 e. The number of hydrogen-bond donors (Lipinski definition) is 0. The van der Waals surface area contributed by atoms with Crippen molar-refractivity contribution in [1.29, 1.82) is 0 Å². The molecule has 0 aliphatic carbocycles. The number of nitrogens with zero attached hydrogens (tertiary/aromatic N) is 3. The number of carbonyl (C=O) groups excluding carboxylic acids is 1. The molecule has 0 fully saturated rings. The molecule has 1 amide bonds. The number of hydrogen-bond acceptors (Lipinski definition) is 5. The van der Waals surface area contributed by atoms with E-state index >= 15 is 0 Å². The van der Waals surface area contributed by atoms with Gasteiger partial charge in [0.1, 0.15) is 5.75 Å². The van der Waals surface area contributed by atoms with Gasteiger partial charge < -0.3 is 14.2 Å². The highest BCUT2D eigenvalue weighted by Gasteiger charge is 2.33. The highest BCUT2D eigenvalue weighted by Crippen LogP contribution is 2.32. The van der Waals surface area contributed by atoms with E-state index in [1.165, 1.54) is 30.1 Å². The van der Waals surface area contributed by atoms with Crippen molar-refractivity contribution in [2.75, 3.05) is 14.2 Å². The Labute approximate surface area is 171 Å². The third kappa shape index (κ3) is 5.16. The maximum atomic E-state index is 13.1. The van der Waals surface area contributed by atoms with E-state index in [-0.39, 0.29) is 36.7 Å². The fourth-order valence-electron chi connectivity index (χ4n) is 2.90. The minimum absolute atomic E-state index is 0.0366.